The number of nitrogens with zero attached hydrogens (tertiary/aromatic N) is 2. The number of sulfonamides is 1. The lowest BCUT2D eigenvalue weighted by molar-refractivity contribution is -0.158. The van der Waals surface area contributed by atoms with Gasteiger partial charge in [-0.25, -0.2) is 18.1 Å². The van der Waals surface area contributed by atoms with Crippen LogP contribution in [0.4, 0.5) is 4.79 Å². The Labute approximate surface area is 177 Å². The van der Waals surface area contributed by atoms with Crippen LogP contribution < -0.4 is 0 Å². The van der Waals surface area contributed by atoms with Crippen LogP contribution in [0.25, 0.3) is 0 Å². The number of amides is 3. The molecule has 0 spiro atoms. The number of carbonyl (C=O) groups is 2. The van der Waals surface area contributed by atoms with Gasteiger partial charge in [0.25, 0.3) is 10.0 Å². The molecule has 9 heteroatoms. The Kier molecular flexibility index (Phi) is 4.99. The summed E-state index contributed by atoms with van der Waals surface area (Å²) in [6.45, 7) is 4.15. The SMILES string of the molecule is CO[C@H]1[C@H](OC)N(S(=O)(=O)c2ccccc2)C(=O)N1C(=O)C12CCC(CC1)C2(C)C. The molecule has 1 saturated heterocycles. The topological polar surface area (TPSA) is 93.2 Å². The fourth-order valence-electron chi connectivity index (χ4n) is 5.74. The van der Waals surface area contributed by atoms with Gasteiger partial charge in [0.15, 0.2) is 12.5 Å². The highest BCUT2D eigenvalue weighted by Gasteiger charge is 2.67. The Balaban J connectivity index is 1.77. The number of methoxy groups -OCH3 is 2. The molecule has 0 unspecified atom stereocenters. The monoisotopic (exact) mass is 436 g/mol. The van der Waals surface area contributed by atoms with Crippen LogP contribution in [0.5, 0.6) is 0 Å². The number of hydrogen-bond acceptors (Lipinski definition) is 6. The molecule has 4 rings (SSSR count). The van der Waals surface area contributed by atoms with Crippen LogP contribution in [0.15, 0.2) is 35.2 Å². The maximum Gasteiger partial charge on any atom is 0.345 e. The lowest BCUT2D eigenvalue weighted by Crippen LogP contribution is -2.52. The van der Waals surface area contributed by atoms with Gasteiger partial charge in [-0.3, -0.25) is 4.79 Å². The summed E-state index contributed by atoms with van der Waals surface area (Å²) >= 11 is 0. The molecule has 2 atom stereocenters. The average Bonchev–Trinajstić information content (AvgIpc) is 3.28. The zero-order chi connectivity index (χ0) is 21.9. The number of fused-ring (bicyclic) bond motifs is 2. The molecule has 3 aliphatic rings. The van der Waals surface area contributed by atoms with Crippen molar-refractivity contribution >= 4 is 22.0 Å². The van der Waals surface area contributed by atoms with Gasteiger partial charge in [0, 0.05) is 14.2 Å². The molecule has 2 aliphatic carbocycles. The van der Waals surface area contributed by atoms with E-state index in [0.717, 1.165) is 17.7 Å². The zero-order valence-electron chi connectivity index (χ0n) is 17.7. The second-order valence-corrected chi connectivity index (χ2v) is 10.7. The van der Waals surface area contributed by atoms with Crippen molar-refractivity contribution in [1.82, 2.24) is 9.21 Å². The van der Waals surface area contributed by atoms with Crippen LogP contribution in [0.3, 0.4) is 0 Å². The van der Waals surface area contributed by atoms with Gasteiger partial charge in [0.05, 0.1) is 10.3 Å². The molecule has 2 saturated carbocycles. The van der Waals surface area contributed by atoms with Crippen molar-refractivity contribution in [3.05, 3.63) is 30.3 Å². The molecule has 1 aromatic carbocycles. The van der Waals surface area contributed by atoms with E-state index < -0.39 is 33.9 Å². The Morgan fingerprint density at radius 3 is 2.07 bits per heavy atom. The standard InChI is InChI=1S/C21H28N2O6S/c1-20(2)14-10-12-21(20,13-11-14)18(24)22-16(28-3)17(29-4)23(19(22)25)30(26,27)15-8-6-5-7-9-15/h5-9,14,16-17H,10-13H2,1-4H3/t14?,16-,17-,21?/m0/s1. The summed E-state index contributed by atoms with van der Waals surface area (Å²) in [5, 5.41) is 0. The predicted molar refractivity (Wildman–Crippen MR) is 107 cm³/mol. The van der Waals surface area contributed by atoms with E-state index in [1.807, 2.05) is 0 Å². The molecule has 30 heavy (non-hydrogen) atoms. The second-order valence-electron chi connectivity index (χ2n) is 8.90. The van der Waals surface area contributed by atoms with Crippen LogP contribution in [-0.2, 0) is 24.3 Å². The minimum Gasteiger partial charge on any atom is -0.356 e. The normalized spacial score (nSPS) is 32.8. The summed E-state index contributed by atoms with van der Waals surface area (Å²) in [6, 6.07) is 6.71. The van der Waals surface area contributed by atoms with Crippen molar-refractivity contribution in [3.63, 3.8) is 0 Å². The Bertz CT molecular complexity index is 953. The maximum absolute atomic E-state index is 13.8. The Hall–Kier alpha value is -1.97. The van der Waals surface area contributed by atoms with Crippen LogP contribution in [0, 0.1) is 16.7 Å². The summed E-state index contributed by atoms with van der Waals surface area (Å²) in [5.74, 6) is 0.0553. The minimum absolute atomic E-state index is 0.0511. The van der Waals surface area contributed by atoms with E-state index in [-0.39, 0.29) is 16.2 Å². The molecule has 1 heterocycles. The van der Waals surface area contributed by atoms with E-state index in [1.54, 1.807) is 18.2 Å². The van der Waals surface area contributed by atoms with Crippen molar-refractivity contribution in [2.75, 3.05) is 14.2 Å². The third kappa shape index (κ3) is 2.61. The van der Waals surface area contributed by atoms with Crippen molar-refractivity contribution in [2.24, 2.45) is 16.7 Å². The number of hydrogen-bond donors (Lipinski definition) is 0. The van der Waals surface area contributed by atoms with Crippen molar-refractivity contribution < 1.29 is 27.5 Å². The Morgan fingerprint density at radius 1 is 1.03 bits per heavy atom. The summed E-state index contributed by atoms with van der Waals surface area (Å²) in [6.07, 6.45) is 0.809. The summed E-state index contributed by atoms with van der Waals surface area (Å²) < 4.78 is 38.1. The lowest BCUT2D eigenvalue weighted by atomic mass is 9.68. The van der Waals surface area contributed by atoms with E-state index in [2.05, 4.69) is 13.8 Å². The number of benzene rings is 1. The predicted octanol–water partition coefficient (Wildman–Crippen LogP) is 2.80. The third-order valence-electron chi connectivity index (χ3n) is 7.63. The summed E-state index contributed by atoms with van der Waals surface area (Å²) in [5.41, 5.74) is -0.966. The van der Waals surface area contributed by atoms with E-state index >= 15 is 0 Å². The fourth-order valence-corrected chi connectivity index (χ4v) is 7.22. The first kappa shape index (κ1) is 21.3. The maximum atomic E-state index is 13.8. The number of urea groups is 1. The van der Waals surface area contributed by atoms with Crippen LogP contribution in [0.2, 0.25) is 0 Å². The first-order valence-electron chi connectivity index (χ1n) is 10.2. The van der Waals surface area contributed by atoms with Crippen molar-refractivity contribution in [2.45, 2.75) is 56.9 Å². The van der Waals surface area contributed by atoms with Gasteiger partial charge in [-0.2, -0.15) is 4.31 Å². The van der Waals surface area contributed by atoms with Crippen LogP contribution in [0.1, 0.15) is 39.5 Å². The van der Waals surface area contributed by atoms with Crippen LogP contribution in [-0.4, -0.2) is 56.2 Å². The number of imide groups is 1. The van der Waals surface area contributed by atoms with Gasteiger partial charge in [0.2, 0.25) is 5.91 Å². The molecule has 3 amide bonds. The molecule has 8 nitrogen and oxygen atoms in total. The molecule has 0 aromatic heterocycles. The highest BCUT2D eigenvalue weighted by molar-refractivity contribution is 7.89. The zero-order valence-corrected chi connectivity index (χ0v) is 18.5. The van der Waals surface area contributed by atoms with Gasteiger partial charge < -0.3 is 9.47 Å². The van der Waals surface area contributed by atoms with Gasteiger partial charge in [-0.15, -0.1) is 0 Å². The average molecular weight is 437 g/mol. The van der Waals surface area contributed by atoms with E-state index in [1.165, 1.54) is 26.4 Å². The molecule has 1 aliphatic heterocycles. The van der Waals surface area contributed by atoms with Crippen molar-refractivity contribution in [3.8, 4) is 0 Å². The summed E-state index contributed by atoms with van der Waals surface area (Å²) in [7, 11) is -1.60. The molecular weight excluding hydrogens is 408 g/mol. The third-order valence-corrected chi connectivity index (χ3v) is 9.38. The molecule has 1 aromatic rings. The fraction of sp³-hybridized carbons (Fsp3) is 0.619. The van der Waals surface area contributed by atoms with E-state index in [0.29, 0.717) is 23.1 Å². The number of carbonyl (C=O) groups excluding carboxylic acids is 2. The smallest absolute Gasteiger partial charge is 0.345 e. The van der Waals surface area contributed by atoms with Gasteiger partial charge in [0.1, 0.15) is 0 Å². The number of rotatable bonds is 5. The van der Waals surface area contributed by atoms with Gasteiger partial charge >= 0.3 is 6.03 Å². The first-order chi connectivity index (χ1) is 14.1. The van der Waals surface area contributed by atoms with Gasteiger partial charge in [-0.1, -0.05) is 32.0 Å². The van der Waals surface area contributed by atoms with E-state index in [4.69, 9.17) is 9.47 Å². The highest BCUT2D eigenvalue weighted by Crippen LogP contribution is 2.66. The molecule has 164 valence electrons. The largest absolute Gasteiger partial charge is 0.356 e. The van der Waals surface area contributed by atoms with Gasteiger partial charge in [-0.05, 0) is 49.1 Å². The molecule has 0 radical (unpaired) electrons. The first-order valence-corrected chi connectivity index (χ1v) is 11.6. The minimum atomic E-state index is -4.24. The highest BCUT2D eigenvalue weighted by atomic mass is 32.2. The van der Waals surface area contributed by atoms with Crippen molar-refractivity contribution in [1.29, 1.82) is 0 Å². The molecule has 0 N–H and O–H groups in total. The Morgan fingerprint density at radius 2 is 1.60 bits per heavy atom. The van der Waals surface area contributed by atoms with Crippen LogP contribution >= 0.6 is 0 Å². The quantitative estimate of drug-likeness (QED) is 0.705. The molecule has 2 bridgehead atoms. The number of ether oxygens (including phenoxy) is 2. The summed E-state index contributed by atoms with van der Waals surface area (Å²) in [4.78, 5) is 28.2. The lowest BCUT2D eigenvalue weighted by Gasteiger charge is -2.39. The molecular formula is C21H28N2O6S. The molecule has 3 fully saturated rings. The second kappa shape index (κ2) is 7.03. The van der Waals surface area contributed by atoms with E-state index in [9.17, 15) is 18.0 Å².